The van der Waals surface area contributed by atoms with Crippen molar-refractivity contribution in [1.82, 2.24) is 4.90 Å². The van der Waals surface area contributed by atoms with E-state index in [9.17, 15) is 19.7 Å². The fourth-order valence-corrected chi connectivity index (χ4v) is 2.59. The first-order valence-electron chi connectivity index (χ1n) is 6.75. The molecule has 7 heteroatoms. The van der Waals surface area contributed by atoms with Crippen LogP contribution in [0.2, 0.25) is 0 Å². The van der Waals surface area contributed by atoms with Gasteiger partial charge in [0.15, 0.2) is 0 Å². The lowest BCUT2D eigenvalue weighted by atomic mass is 10.0. The van der Waals surface area contributed by atoms with Crippen LogP contribution in [0.1, 0.15) is 24.8 Å². The van der Waals surface area contributed by atoms with Gasteiger partial charge in [-0.1, -0.05) is 18.2 Å². The number of carboxylic acid groups (broad SMARTS) is 1. The molecular formula is C14H16N2O5. The van der Waals surface area contributed by atoms with Gasteiger partial charge in [0.1, 0.15) is 6.04 Å². The Bertz CT molecular complexity index is 572. The molecular weight excluding hydrogens is 276 g/mol. The van der Waals surface area contributed by atoms with Gasteiger partial charge in [0.25, 0.3) is 5.69 Å². The molecule has 0 saturated carbocycles. The van der Waals surface area contributed by atoms with Crippen LogP contribution in [0.5, 0.6) is 0 Å². The summed E-state index contributed by atoms with van der Waals surface area (Å²) in [5, 5.41) is 20.1. The van der Waals surface area contributed by atoms with E-state index in [2.05, 4.69) is 0 Å². The van der Waals surface area contributed by atoms with E-state index in [-0.39, 0.29) is 18.0 Å². The van der Waals surface area contributed by atoms with Crippen molar-refractivity contribution in [2.45, 2.75) is 31.7 Å². The highest BCUT2D eigenvalue weighted by atomic mass is 16.6. The van der Waals surface area contributed by atoms with Crippen LogP contribution in [0.3, 0.4) is 0 Å². The third kappa shape index (κ3) is 3.36. The molecule has 112 valence electrons. The normalized spacial score (nSPS) is 18.3. The minimum atomic E-state index is -1.02. The number of piperidine rings is 1. The zero-order valence-electron chi connectivity index (χ0n) is 11.4. The molecule has 0 radical (unpaired) electrons. The molecule has 1 N–H and O–H groups in total. The largest absolute Gasteiger partial charge is 0.480 e. The summed E-state index contributed by atoms with van der Waals surface area (Å²) < 4.78 is 0. The molecule has 1 amide bonds. The average molecular weight is 292 g/mol. The van der Waals surface area contributed by atoms with E-state index in [1.165, 1.54) is 23.1 Å². The van der Waals surface area contributed by atoms with Crippen molar-refractivity contribution in [3.05, 3.63) is 39.9 Å². The number of carboxylic acids is 1. The molecule has 2 rings (SSSR count). The highest BCUT2D eigenvalue weighted by Gasteiger charge is 2.32. The molecule has 1 atom stereocenters. The van der Waals surface area contributed by atoms with Crippen molar-refractivity contribution >= 4 is 17.6 Å². The van der Waals surface area contributed by atoms with Crippen molar-refractivity contribution in [2.75, 3.05) is 6.54 Å². The van der Waals surface area contributed by atoms with Crippen LogP contribution in [-0.4, -0.2) is 39.4 Å². The van der Waals surface area contributed by atoms with Crippen LogP contribution in [0, 0.1) is 10.1 Å². The second-order valence-corrected chi connectivity index (χ2v) is 5.00. The van der Waals surface area contributed by atoms with Gasteiger partial charge in [-0.15, -0.1) is 0 Å². The summed E-state index contributed by atoms with van der Waals surface area (Å²) in [5.74, 6) is -1.40. The molecule has 0 bridgehead atoms. The van der Waals surface area contributed by atoms with Gasteiger partial charge in [-0.05, 0) is 19.3 Å². The summed E-state index contributed by atoms with van der Waals surface area (Å²) in [7, 11) is 0. The zero-order valence-corrected chi connectivity index (χ0v) is 11.4. The molecule has 1 saturated heterocycles. The average Bonchev–Trinajstić information content (AvgIpc) is 2.47. The summed E-state index contributed by atoms with van der Waals surface area (Å²) in [6, 6.07) is 5.20. The first-order valence-corrected chi connectivity index (χ1v) is 6.75. The molecule has 0 aliphatic carbocycles. The smallest absolute Gasteiger partial charge is 0.326 e. The topological polar surface area (TPSA) is 101 Å². The number of likely N-dealkylation sites (tertiary alicyclic amines) is 1. The van der Waals surface area contributed by atoms with Crippen molar-refractivity contribution in [3.63, 3.8) is 0 Å². The monoisotopic (exact) mass is 292 g/mol. The summed E-state index contributed by atoms with van der Waals surface area (Å²) >= 11 is 0. The molecule has 1 aromatic rings. The molecule has 1 aromatic carbocycles. The Hall–Kier alpha value is -2.44. The van der Waals surface area contributed by atoms with Crippen molar-refractivity contribution < 1.29 is 19.6 Å². The fraction of sp³-hybridized carbons (Fsp3) is 0.429. The molecule has 21 heavy (non-hydrogen) atoms. The highest BCUT2D eigenvalue weighted by molar-refractivity contribution is 5.85. The van der Waals surface area contributed by atoms with Gasteiger partial charge in [0, 0.05) is 18.2 Å². The summed E-state index contributed by atoms with van der Waals surface area (Å²) in [6.45, 7) is 0.385. The van der Waals surface area contributed by atoms with E-state index in [0.29, 0.717) is 18.5 Å². The third-order valence-electron chi connectivity index (χ3n) is 3.64. The Kier molecular flexibility index (Phi) is 4.52. The van der Waals surface area contributed by atoms with Gasteiger partial charge in [0.2, 0.25) is 5.91 Å². The summed E-state index contributed by atoms with van der Waals surface area (Å²) in [6.07, 6.45) is 1.80. The van der Waals surface area contributed by atoms with E-state index in [0.717, 1.165) is 12.8 Å². The standard InChI is InChI=1S/C14H16N2O5/c17-13(15-8-4-3-7-12(15)14(18)19)9-10-5-1-2-6-11(10)16(20)21/h1-2,5-6,12H,3-4,7-9H2,(H,18,19). The molecule has 1 fully saturated rings. The Balaban J connectivity index is 2.17. The molecule has 0 aromatic heterocycles. The lowest BCUT2D eigenvalue weighted by Crippen LogP contribution is -2.48. The van der Waals surface area contributed by atoms with Gasteiger partial charge < -0.3 is 10.0 Å². The predicted molar refractivity (Wildman–Crippen MR) is 73.8 cm³/mol. The number of benzene rings is 1. The van der Waals surface area contributed by atoms with Crippen molar-refractivity contribution in [2.24, 2.45) is 0 Å². The van der Waals surface area contributed by atoms with Crippen LogP contribution in [0.15, 0.2) is 24.3 Å². The minimum Gasteiger partial charge on any atom is -0.480 e. The molecule has 1 unspecified atom stereocenters. The number of nitrogens with zero attached hydrogens (tertiary/aromatic N) is 2. The number of carbonyl (C=O) groups excluding carboxylic acids is 1. The number of para-hydroxylation sites is 1. The van der Waals surface area contributed by atoms with Gasteiger partial charge >= 0.3 is 5.97 Å². The molecule has 1 aliphatic rings. The second kappa shape index (κ2) is 6.34. The number of hydrogen-bond acceptors (Lipinski definition) is 4. The lowest BCUT2D eigenvalue weighted by molar-refractivity contribution is -0.385. The Labute approximate surface area is 121 Å². The number of rotatable bonds is 4. The third-order valence-corrected chi connectivity index (χ3v) is 3.64. The Morgan fingerprint density at radius 2 is 2.05 bits per heavy atom. The second-order valence-electron chi connectivity index (χ2n) is 5.00. The summed E-state index contributed by atoms with van der Waals surface area (Å²) in [4.78, 5) is 35.2. The van der Waals surface area contributed by atoms with E-state index in [1.807, 2.05) is 0 Å². The first-order chi connectivity index (χ1) is 10.0. The number of carbonyl (C=O) groups is 2. The SMILES string of the molecule is O=C(O)C1CCCCN1C(=O)Cc1ccccc1[N+](=O)[O-]. The molecule has 0 spiro atoms. The van der Waals surface area contributed by atoms with Gasteiger partial charge in [-0.25, -0.2) is 4.79 Å². The van der Waals surface area contributed by atoms with E-state index in [4.69, 9.17) is 5.11 Å². The lowest BCUT2D eigenvalue weighted by Gasteiger charge is -2.33. The number of amides is 1. The maximum atomic E-state index is 12.3. The predicted octanol–water partition coefficient (Wildman–Crippen LogP) is 1.60. The Morgan fingerprint density at radius 3 is 2.71 bits per heavy atom. The van der Waals surface area contributed by atoms with Crippen LogP contribution in [0.4, 0.5) is 5.69 Å². The maximum Gasteiger partial charge on any atom is 0.326 e. The van der Waals surface area contributed by atoms with Crippen LogP contribution < -0.4 is 0 Å². The van der Waals surface area contributed by atoms with E-state index >= 15 is 0 Å². The quantitative estimate of drug-likeness (QED) is 0.671. The van der Waals surface area contributed by atoms with Crippen LogP contribution >= 0.6 is 0 Å². The first kappa shape index (κ1) is 15.0. The van der Waals surface area contributed by atoms with Crippen molar-refractivity contribution in [1.29, 1.82) is 0 Å². The van der Waals surface area contributed by atoms with Crippen LogP contribution in [-0.2, 0) is 16.0 Å². The Morgan fingerprint density at radius 1 is 1.33 bits per heavy atom. The molecule has 1 heterocycles. The van der Waals surface area contributed by atoms with Crippen molar-refractivity contribution in [3.8, 4) is 0 Å². The fourth-order valence-electron chi connectivity index (χ4n) is 2.59. The van der Waals surface area contributed by atoms with E-state index < -0.39 is 16.9 Å². The number of nitro benzene ring substituents is 1. The number of hydrogen-bond donors (Lipinski definition) is 1. The number of aliphatic carboxylic acids is 1. The molecule has 7 nitrogen and oxygen atoms in total. The highest BCUT2D eigenvalue weighted by Crippen LogP contribution is 2.22. The minimum absolute atomic E-state index is 0.116. The van der Waals surface area contributed by atoms with E-state index in [1.54, 1.807) is 6.07 Å². The van der Waals surface area contributed by atoms with Crippen LogP contribution in [0.25, 0.3) is 0 Å². The van der Waals surface area contributed by atoms with Gasteiger partial charge in [-0.2, -0.15) is 0 Å². The van der Waals surface area contributed by atoms with Gasteiger partial charge in [-0.3, -0.25) is 14.9 Å². The summed E-state index contributed by atoms with van der Waals surface area (Å²) in [5.41, 5.74) is 0.192. The van der Waals surface area contributed by atoms with Gasteiger partial charge in [0.05, 0.1) is 11.3 Å². The maximum absolute atomic E-state index is 12.3. The molecule has 1 aliphatic heterocycles. The number of nitro groups is 1. The zero-order chi connectivity index (χ0) is 15.4.